The van der Waals surface area contributed by atoms with Crippen molar-refractivity contribution in [1.82, 2.24) is 4.90 Å². The number of nitro groups is 2. The summed E-state index contributed by atoms with van der Waals surface area (Å²) in [6, 6.07) is 1.46. The Hall–Kier alpha value is -3.50. The molecule has 0 radical (unpaired) electrons. The van der Waals surface area contributed by atoms with E-state index < -0.39 is 44.5 Å². The van der Waals surface area contributed by atoms with E-state index >= 15 is 0 Å². The zero-order valence-corrected chi connectivity index (χ0v) is 13.3. The van der Waals surface area contributed by atoms with Crippen LogP contribution in [0.2, 0.25) is 0 Å². The molecule has 3 aliphatic rings. The van der Waals surface area contributed by atoms with Gasteiger partial charge in [0.15, 0.2) is 0 Å². The van der Waals surface area contributed by atoms with Gasteiger partial charge in [-0.25, -0.2) is 0 Å². The average Bonchev–Trinajstić information content (AvgIpc) is 3.21. The number of non-ortho nitro benzene ring substituents is 1. The van der Waals surface area contributed by atoms with Gasteiger partial charge in [-0.1, -0.05) is 0 Å². The van der Waals surface area contributed by atoms with Crippen molar-refractivity contribution in [3.8, 4) is 0 Å². The third kappa shape index (κ3) is 1.76. The summed E-state index contributed by atoms with van der Waals surface area (Å²) in [7, 11) is 0. The van der Waals surface area contributed by atoms with Gasteiger partial charge in [0.2, 0.25) is 11.8 Å². The molecule has 3 heterocycles. The van der Waals surface area contributed by atoms with Crippen molar-refractivity contribution in [3.05, 3.63) is 49.7 Å². The van der Waals surface area contributed by atoms with E-state index in [0.717, 1.165) is 18.6 Å². The van der Waals surface area contributed by atoms with E-state index in [9.17, 15) is 29.8 Å². The predicted molar refractivity (Wildman–Crippen MR) is 87.1 cm³/mol. The molecule has 134 valence electrons. The summed E-state index contributed by atoms with van der Waals surface area (Å²) in [6.07, 6.45) is 2.81. The number of nitro benzene ring substituents is 2. The highest BCUT2D eigenvalue weighted by Gasteiger charge is 2.63. The Balaban J connectivity index is 2.06. The van der Waals surface area contributed by atoms with Crippen LogP contribution in [0.1, 0.15) is 18.4 Å². The Morgan fingerprint density at radius 3 is 2.65 bits per heavy atom. The zero-order chi connectivity index (χ0) is 18.8. The molecule has 0 aliphatic carbocycles. The highest BCUT2D eigenvalue weighted by atomic mass is 16.6. The van der Waals surface area contributed by atoms with Gasteiger partial charge in [0.25, 0.3) is 11.4 Å². The topological polar surface area (TPSA) is 162 Å². The van der Waals surface area contributed by atoms with E-state index in [-0.39, 0.29) is 16.8 Å². The molecule has 3 aliphatic heterocycles. The molecule has 4 rings (SSSR count). The van der Waals surface area contributed by atoms with Gasteiger partial charge in [-0.3, -0.25) is 29.8 Å². The Morgan fingerprint density at radius 1 is 1.31 bits per heavy atom. The molecule has 1 aromatic rings. The van der Waals surface area contributed by atoms with E-state index in [4.69, 9.17) is 5.73 Å². The van der Waals surface area contributed by atoms with Gasteiger partial charge in [0, 0.05) is 24.4 Å². The number of benzene rings is 1. The van der Waals surface area contributed by atoms with Crippen molar-refractivity contribution in [2.45, 2.75) is 24.3 Å². The number of hydrogen-bond acceptors (Lipinski definition) is 7. The molecule has 26 heavy (non-hydrogen) atoms. The van der Waals surface area contributed by atoms with Crippen LogP contribution in [0, 0.1) is 20.2 Å². The molecule has 1 spiro atoms. The lowest BCUT2D eigenvalue weighted by Gasteiger charge is -2.31. The number of nitrogens with two attached hydrogens (primary N) is 1. The number of nitrogens with zero attached hydrogens (tertiary/aromatic N) is 3. The Morgan fingerprint density at radius 2 is 2.04 bits per heavy atom. The summed E-state index contributed by atoms with van der Waals surface area (Å²) in [5.74, 6) is -1.47. The minimum Gasteiger partial charge on any atom is -0.372 e. The van der Waals surface area contributed by atoms with Gasteiger partial charge in [-0.05, 0) is 12.8 Å². The Kier molecular flexibility index (Phi) is 3.08. The first-order valence-corrected chi connectivity index (χ1v) is 7.85. The van der Waals surface area contributed by atoms with E-state index in [1.165, 1.54) is 6.20 Å². The molecule has 11 nitrogen and oxygen atoms in total. The number of carbonyl (C=O) groups excluding carboxylic acids is 2. The summed E-state index contributed by atoms with van der Waals surface area (Å²) in [4.78, 5) is 48.0. The highest BCUT2D eigenvalue weighted by Crippen LogP contribution is 2.55. The van der Waals surface area contributed by atoms with Crippen molar-refractivity contribution in [2.75, 3.05) is 11.9 Å². The second-order valence-corrected chi connectivity index (χ2v) is 6.47. The van der Waals surface area contributed by atoms with Gasteiger partial charge in [-0.2, -0.15) is 0 Å². The predicted octanol–water partition coefficient (Wildman–Crippen LogP) is 0.540. The molecule has 1 aromatic carbocycles. The maximum atomic E-state index is 13.0. The molecule has 3 N–H and O–H groups in total. The van der Waals surface area contributed by atoms with Gasteiger partial charge in [0.05, 0.1) is 27.5 Å². The van der Waals surface area contributed by atoms with Crippen LogP contribution in [0.15, 0.2) is 23.9 Å². The van der Waals surface area contributed by atoms with Crippen molar-refractivity contribution in [2.24, 2.45) is 5.73 Å². The van der Waals surface area contributed by atoms with E-state index in [1.54, 1.807) is 4.90 Å². The normalized spacial score (nSPS) is 25.7. The molecule has 0 bridgehead atoms. The summed E-state index contributed by atoms with van der Waals surface area (Å²) in [5.41, 5.74) is 2.74. The third-order valence-electron chi connectivity index (χ3n) is 5.31. The number of fused-ring (bicyclic) bond motifs is 4. The van der Waals surface area contributed by atoms with Crippen LogP contribution in [0.5, 0.6) is 0 Å². The summed E-state index contributed by atoms with van der Waals surface area (Å²) >= 11 is 0. The van der Waals surface area contributed by atoms with Crippen molar-refractivity contribution < 1.29 is 19.4 Å². The van der Waals surface area contributed by atoms with Gasteiger partial charge >= 0.3 is 0 Å². The largest absolute Gasteiger partial charge is 0.372 e. The molecular weight excluding hydrogens is 346 g/mol. The molecule has 2 unspecified atom stereocenters. The lowest BCUT2D eigenvalue weighted by atomic mass is 9.70. The lowest BCUT2D eigenvalue weighted by molar-refractivity contribution is -0.393. The number of carbonyl (C=O) groups is 2. The van der Waals surface area contributed by atoms with Crippen LogP contribution in [0.3, 0.4) is 0 Å². The number of nitrogens with one attached hydrogen (secondary N) is 1. The first-order valence-electron chi connectivity index (χ1n) is 7.85. The number of amides is 2. The highest BCUT2D eigenvalue weighted by molar-refractivity contribution is 6.17. The van der Waals surface area contributed by atoms with Crippen LogP contribution in [-0.2, 0) is 15.0 Å². The maximum Gasteiger partial charge on any atom is 0.299 e. The number of rotatable bonds is 3. The van der Waals surface area contributed by atoms with Gasteiger partial charge in [0.1, 0.15) is 11.1 Å². The first-order chi connectivity index (χ1) is 12.3. The number of primary amides is 1. The quantitative estimate of drug-likeness (QED) is 0.587. The minimum atomic E-state index is -1.57. The standard InChI is InChI=1S/C15H13N5O6/c16-13(21)9-6-18-3-1-2-11(18)15(9)8-4-7(19(23)24)5-10(20(25)26)12(8)17-14(15)22/h4-6,11H,1-3H2,(H2,16,21)(H,17,22). The van der Waals surface area contributed by atoms with E-state index in [2.05, 4.69) is 5.32 Å². The van der Waals surface area contributed by atoms with Crippen molar-refractivity contribution in [3.63, 3.8) is 0 Å². The maximum absolute atomic E-state index is 13.0. The number of hydrogen-bond donors (Lipinski definition) is 2. The molecule has 0 aromatic heterocycles. The van der Waals surface area contributed by atoms with Gasteiger partial charge < -0.3 is 16.0 Å². The van der Waals surface area contributed by atoms with Crippen LogP contribution in [0.25, 0.3) is 0 Å². The third-order valence-corrected chi connectivity index (χ3v) is 5.31. The van der Waals surface area contributed by atoms with Crippen molar-refractivity contribution in [1.29, 1.82) is 0 Å². The summed E-state index contributed by atoms with van der Waals surface area (Å²) in [5, 5.41) is 25.1. The zero-order valence-electron chi connectivity index (χ0n) is 13.3. The second kappa shape index (κ2) is 5.00. The molecule has 1 fully saturated rings. The van der Waals surface area contributed by atoms with Crippen LogP contribution >= 0.6 is 0 Å². The molecule has 0 saturated carbocycles. The molecule has 11 heteroatoms. The van der Waals surface area contributed by atoms with Crippen molar-refractivity contribution >= 4 is 28.9 Å². The second-order valence-electron chi connectivity index (χ2n) is 6.47. The van der Waals surface area contributed by atoms with E-state index in [0.29, 0.717) is 13.0 Å². The molecule has 2 atom stereocenters. The fraction of sp³-hybridized carbons (Fsp3) is 0.333. The molecule has 2 amide bonds. The molecular formula is C15H13N5O6. The molecule has 1 saturated heterocycles. The van der Waals surface area contributed by atoms with Crippen LogP contribution in [0.4, 0.5) is 17.1 Å². The summed E-state index contributed by atoms with van der Waals surface area (Å²) in [6.45, 7) is 0.600. The fourth-order valence-electron chi connectivity index (χ4n) is 4.35. The van der Waals surface area contributed by atoms with E-state index in [1.807, 2.05) is 0 Å². The SMILES string of the molecule is NC(=O)C1=CN2CCCC2C12C(=O)Nc1c([N+](=O)[O-])cc([N+](=O)[O-])cc12. The Labute approximate surface area is 145 Å². The van der Waals surface area contributed by atoms with Crippen LogP contribution in [-0.4, -0.2) is 39.1 Å². The first kappa shape index (κ1) is 16.0. The summed E-state index contributed by atoms with van der Waals surface area (Å²) < 4.78 is 0. The minimum absolute atomic E-state index is 0.00625. The fourth-order valence-corrected chi connectivity index (χ4v) is 4.35. The smallest absolute Gasteiger partial charge is 0.299 e. The number of anilines is 1. The lowest BCUT2D eigenvalue weighted by Crippen LogP contribution is -2.49. The van der Waals surface area contributed by atoms with Gasteiger partial charge in [-0.15, -0.1) is 0 Å². The monoisotopic (exact) mass is 359 g/mol. The Bertz CT molecular complexity index is 941. The van der Waals surface area contributed by atoms with Crippen LogP contribution < -0.4 is 11.1 Å². The average molecular weight is 359 g/mol.